The molecule has 6 heteroatoms. The molecule has 0 bridgehead atoms. The van der Waals surface area contributed by atoms with Crippen molar-refractivity contribution in [1.29, 1.82) is 0 Å². The number of hydrogen-bond donors (Lipinski definition) is 1. The van der Waals surface area contributed by atoms with E-state index < -0.39 is 6.04 Å². The monoisotopic (exact) mass is 364 g/mol. The van der Waals surface area contributed by atoms with Crippen LogP contribution in [0.3, 0.4) is 0 Å². The number of hydrogen-bond acceptors (Lipinski definition) is 4. The lowest BCUT2D eigenvalue weighted by Gasteiger charge is -2.28. The highest BCUT2D eigenvalue weighted by Crippen LogP contribution is 2.29. The molecule has 3 aromatic rings. The quantitative estimate of drug-likeness (QED) is 0.771. The maximum Gasteiger partial charge on any atom is 0.240 e. The molecule has 0 fully saturated rings. The Labute approximate surface area is 158 Å². The van der Waals surface area contributed by atoms with Gasteiger partial charge in [0.25, 0.3) is 0 Å². The van der Waals surface area contributed by atoms with Gasteiger partial charge in [0, 0.05) is 24.8 Å². The Morgan fingerprint density at radius 1 is 1.33 bits per heavy atom. The Bertz CT molecular complexity index is 958. The number of nitrogens with two attached hydrogens (primary N) is 1. The molecule has 1 aliphatic rings. The predicted molar refractivity (Wildman–Crippen MR) is 103 cm³/mol. The number of carbonyl (C=O) groups excluding carboxylic acids is 1. The van der Waals surface area contributed by atoms with Crippen molar-refractivity contribution in [2.75, 3.05) is 6.54 Å². The maximum atomic E-state index is 12.8. The molecular weight excluding hydrogens is 340 g/mol. The van der Waals surface area contributed by atoms with Crippen LogP contribution in [0, 0.1) is 6.92 Å². The molecule has 0 saturated carbocycles. The zero-order valence-electron chi connectivity index (χ0n) is 15.7. The molecule has 0 saturated heterocycles. The van der Waals surface area contributed by atoms with E-state index in [1.807, 2.05) is 44.3 Å². The van der Waals surface area contributed by atoms with E-state index >= 15 is 0 Å². The zero-order valence-corrected chi connectivity index (χ0v) is 15.7. The van der Waals surface area contributed by atoms with Gasteiger partial charge in [0.15, 0.2) is 0 Å². The third-order valence-electron chi connectivity index (χ3n) is 5.35. The normalized spacial score (nSPS) is 14.9. The predicted octanol–water partition coefficient (Wildman–Crippen LogP) is 2.44. The molecule has 0 aliphatic carbocycles. The van der Waals surface area contributed by atoms with Gasteiger partial charge < -0.3 is 15.1 Å². The number of amides is 1. The van der Waals surface area contributed by atoms with Crippen molar-refractivity contribution in [1.82, 2.24) is 14.7 Å². The SMILES string of the molecule is Cc1c(CC(N)C(=O)N2CCc3cc(-c4ccccc4)oc3C2)cnn1C. The van der Waals surface area contributed by atoms with Crippen molar-refractivity contribution < 1.29 is 9.21 Å². The van der Waals surface area contributed by atoms with Crippen molar-refractivity contribution in [2.24, 2.45) is 12.8 Å². The van der Waals surface area contributed by atoms with E-state index in [1.54, 1.807) is 15.8 Å². The fraction of sp³-hybridized carbons (Fsp3) is 0.333. The van der Waals surface area contributed by atoms with Gasteiger partial charge in [-0.1, -0.05) is 30.3 Å². The Morgan fingerprint density at radius 2 is 2.11 bits per heavy atom. The van der Waals surface area contributed by atoms with E-state index in [0.29, 0.717) is 19.5 Å². The first-order chi connectivity index (χ1) is 13.0. The Morgan fingerprint density at radius 3 is 2.81 bits per heavy atom. The van der Waals surface area contributed by atoms with Gasteiger partial charge in [-0.15, -0.1) is 0 Å². The van der Waals surface area contributed by atoms with Crippen LogP contribution in [0.5, 0.6) is 0 Å². The number of carbonyl (C=O) groups is 1. The van der Waals surface area contributed by atoms with E-state index in [0.717, 1.165) is 34.8 Å². The lowest BCUT2D eigenvalue weighted by Crippen LogP contribution is -2.46. The number of rotatable bonds is 4. The highest BCUT2D eigenvalue weighted by atomic mass is 16.3. The zero-order chi connectivity index (χ0) is 19.0. The molecule has 2 aromatic heterocycles. The van der Waals surface area contributed by atoms with E-state index in [9.17, 15) is 4.79 Å². The van der Waals surface area contributed by atoms with E-state index in [2.05, 4.69) is 11.2 Å². The summed E-state index contributed by atoms with van der Waals surface area (Å²) < 4.78 is 7.84. The fourth-order valence-corrected chi connectivity index (χ4v) is 3.56. The number of benzene rings is 1. The van der Waals surface area contributed by atoms with Crippen LogP contribution in [0.15, 0.2) is 47.0 Å². The highest BCUT2D eigenvalue weighted by molar-refractivity contribution is 5.82. The second-order valence-corrected chi connectivity index (χ2v) is 7.12. The lowest BCUT2D eigenvalue weighted by atomic mass is 10.0. The maximum absolute atomic E-state index is 12.8. The Hall–Kier alpha value is -2.86. The second-order valence-electron chi connectivity index (χ2n) is 7.12. The molecular formula is C21H24N4O2. The van der Waals surface area contributed by atoms with Crippen LogP contribution < -0.4 is 5.73 Å². The Balaban J connectivity index is 1.46. The van der Waals surface area contributed by atoms with Crippen molar-refractivity contribution in [3.63, 3.8) is 0 Å². The van der Waals surface area contributed by atoms with Gasteiger partial charge in [-0.05, 0) is 37.0 Å². The van der Waals surface area contributed by atoms with E-state index in [-0.39, 0.29) is 5.91 Å². The summed E-state index contributed by atoms with van der Waals surface area (Å²) in [6.45, 7) is 3.13. The van der Waals surface area contributed by atoms with Crippen LogP contribution in [0.25, 0.3) is 11.3 Å². The second kappa shape index (κ2) is 7.04. The van der Waals surface area contributed by atoms with E-state index in [1.165, 1.54) is 5.56 Å². The molecule has 2 N–H and O–H groups in total. The average molecular weight is 364 g/mol. The minimum absolute atomic E-state index is 0.0402. The summed E-state index contributed by atoms with van der Waals surface area (Å²) in [6.07, 6.45) is 3.07. The van der Waals surface area contributed by atoms with Gasteiger partial charge in [0.05, 0.1) is 18.8 Å². The summed E-state index contributed by atoms with van der Waals surface area (Å²) in [5, 5.41) is 4.22. The molecule has 4 rings (SSSR count). The number of aromatic nitrogens is 2. The van der Waals surface area contributed by atoms with Crippen LogP contribution in [0.1, 0.15) is 22.6 Å². The summed E-state index contributed by atoms with van der Waals surface area (Å²) in [6, 6.07) is 11.5. The number of nitrogens with zero attached hydrogens (tertiary/aromatic N) is 3. The molecule has 1 atom stereocenters. The topological polar surface area (TPSA) is 77.3 Å². The molecule has 6 nitrogen and oxygen atoms in total. The van der Waals surface area contributed by atoms with Crippen LogP contribution in [0.4, 0.5) is 0 Å². The molecule has 1 aromatic carbocycles. The minimum atomic E-state index is -0.571. The first kappa shape index (κ1) is 17.5. The van der Waals surface area contributed by atoms with Crippen molar-refractivity contribution in [2.45, 2.75) is 32.4 Å². The lowest BCUT2D eigenvalue weighted by molar-refractivity contribution is -0.133. The van der Waals surface area contributed by atoms with Gasteiger partial charge in [-0.3, -0.25) is 9.48 Å². The summed E-state index contributed by atoms with van der Waals surface area (Å²) >= 11 is 0. The minimum Gasteiger partial charge on any atom is -0.459 e. The molecule has 3 heterocycles. The van der Waals surface area contributed by atoms with E-state index in [4.69, 9.17) is 10.2 Å². The largest absolute Gasteiger partial charge is 0.459 e. The first-order valence-corrected chi connectivity index (χ1v) is 9.22. The average Bonchev–Trinajstić information content (AvgIpc) is 3.26. The standard InChI is InChI=1S/C21H24N4O2/c1-14-17(12-23-24(14)2)10-18(22)21(26)25-9-8-16-11-19(27-20(16)13-25)15-6-4-3-5-7-15/h3-7,11-12,18H,8-10,13,22H2,1-2H3. The first-order valence-electron chi connectivity index (χ1n) is 9.22. The fourth-order valence-electron chi connectivity index (χ4n) is 3.56. The van der Waals surface area contributed by atoms with Gasteiger partial charge in [-0.25, -0.2) is 0 Å². The molecule has 1 aliphatic heterocycles. The van der Waals surface area contributed by atoms with Crippen LogP contribution in [0.2, 0.25) is 0 Å². The molecule has 1 unspecified atom stereocenters. The number of aryl methyl sites for hydroxylation is 1. The molecule has 140 valence electrons. The molecule has 1 amide bonds. The van der Waals surface area contributed by atoms with Crippen molar-refractivity contribution in [3.05, 3.63) is 65.2 Å². The number of fused-ring (bicyclic) bond motifs is 1. The number of furan rings is 1. The summed E-state index contributed by atoms with van der Waals surface area (Å²) in [4.78, 5) is 14.6. The third kappa shape index (κ3) is 3.40. The van der Waals surface area contributed by atoms with Crippen LogP contribution in [-0.4, -0.2) is 33.2 Å². The van der Waals surface area contributed by atoms with Gasteiger partial charge in [-0.2, -0.15) is 5.10 Å². The molecule has 27 heavy (non-hydrogen) atoms. The molecule has 0 radical (unpaired) electrons. The van der Waals surface area contributed by atoms with Gasteiger partial charge >= 0.3 is 0 Å². The Kier molecular flexibility index (Phi) is 4.58. The van der Waals surface area contributed by atoms with Crippen molar-refractivity contribution >= 4 is 5.91 Å². The van der Waals surface area contributed by atoms with Crippen LogP contribution >= 0.6 is 0 Å². The summed E-state index contributed by atoms with van der Waals surface area (Å²) in [7, 11) is 1.89. The molecule has 0 spiro atoms. The summed E-state index contributed by atoms with van der Waals surface area (Å²) in [5.74, 6) is 1.67. The van der Waals surface area contributed by atoms with Crippen LogP contribution in [-0.2, 0) is 31.2 Å². The third-order valence-corrected chi connectivity index (χ3v) is 5.35. The summed E-state index contributed by atoms with van der Waals surface area (Å²) in [5.41, 5.74) is 10.5. The smallest absolute Gasteiger partial charge is 0.240 e. The van der Waals surface area contributed by atoms with Gasteiger partial charge in [0.1, 0.15) is 11.5 Å². The highest BCUT2D eigenvalue weighted by Gasteiger charge is 2.28. The van der Waals surface area contributed by atoms with Gasteiger partial charge in [0.2, 0.25) is 5.91 Å². The van der Waals surface area contributed by atoms with Crippen molar-refractivity contribution in [3.8, 4) is 11.3 Å².